The van der Waals surface area contributed by atoms with Crippen LogP contribution < -0.4 is 0 Å². The maximum atomic E-state index is 11.2. The van der Waals surface area contributed by atoms with Crippen molar-refractivity contribution in [2.24, 2.45) is 0 Å². The predicted molar refractivity (Wildman–Crippen MR) is 76.4 cm³/mol. The van der Waals surface area contributed by atoms with E-state index in [-0.39, 0.29) is 12.0 Å². The van der Waals surface area contributed by atoms with Crippen LogP contribution in [0.3, 0.4) is 0 Å². The number of carboxylic acids is 1. The minimum absolute atomic E-state index is 0.179. The molecular weight excluding hydrogens is 260 g/mol. The highest BCUT2D eigenvalue weighted by Crippen LogP contribution is 2.36. The lowest BCUT2D eigenvalue weighted by molar-refractivity contribution is -0.141. The zero-order valence-corrected chi connectivity index (χ0v) is 12.5. The summed E-state index contributed by atoms with van der Waals surface area (Å²) in [6, 6.07) is 0. The van der Waals surface area contributed by atoms with Gasteiger partial charge in [-0.1, -0.05) is 19.3 Å². The molecule has 1 aliphatic carbocycles. The molecule has 106 valence electrons. The van der Waals surface area contributed by atoms with Gasteiger partial charge < -0.3 is 5.11 Å². The number of aromatic nitrogens is 1. The van der Waals surface area contributed by atoms with Gasteiger partial charge in [-0.3, -0.25) is 9.69 Å². The average Bonchev–Trinajstić information content (AvgIpc) is 2.75. The van der Waals surface area contributed by atoms with Crippen molar-refractivity contribution in [3.05, 3.63) is 16.1 Å². The van der Waals surface area contributed by atoms with Gasteiger partial charge in [0, 0.05) is 17.5 Å². The standard InChI is InChI=1S/C14H22N2O2S/c1-11-15-12(10-19-11)9-16(2)14(8-13(17)18)6-4-3-5-7-14/h10H,3-9H2,1-2H3,(H,17,18). The van der Waals surface area contributed by atoms with Gasteiger partial charge in [0.1, 0.15) is 0 Å². The third-order valence-electron chi connectivity index (χ3n) is 4.14. The highest BCUT2D eigenvalue weighted by molar-refractivity contribution is 7.09. The minimum atomic E-state index is -0.691. The van der Waals surface area contributed by atoms with Crippen molar-refractivity contribution < 1.29 is 9.90 Å². The van der Waals surface area contributed by atoms with E-state index in [1.807, 2.05) is 14.0 Å². The number of thiazole rings is 1. The van der Waals surface area contributed by atoms with Gasteiger partial charge in [-0.25, -0.2) is 4.98 Å². The number of aryl methyl sites for hydroxylation is 1. The van der Waals surface area contributed by atoms with Crippen LogP contribution in [0.15, 0.2) is 5.38 Å². The Morgan fingerprint density at radius 3 is 2.68 bits per heavy atom. The first-order valence-electron chi connectivity index (χ1n) is 6.86. The van der Waals surface area contributed by atoms with E-state index in [1.54, 1.807) is 11.3 Å². The van der Waals surface area contributed by atoms with Crippen LogP contribution in [-0.4, -0.2) is 33.5 Å². The molecule has 0 saturated heterocycles. The van der Waals surface area contributed by atoms with Gasteiger partial charge in [0.15, 0.2) is 0 Å². The second kappa shape index (κ2) is 6.01. The van der Waals surface area contributed by atoms with Crippen LogP contribution in [-0.2, 0) is 11.3 Å². The Morgan fingerprint density at radius 2 is 2.16 bits per heavy atom. The van der Waals surface area contributed by atoms with E-state index in [2.05, 4.69) is 15.3 Å². The van der Waals surface area contributed by atoms with E-state index < -0.39 is 5.97 Å². The molecule has 0 atom stereocenters. The number of aliphatic carboxylic acids is 1. The normalized spacial score (nSPS) is 18.7. The summed E-state index contributed by atoms with van der Waals surface area (Å²) < 4.78 is 0. The van der Waals surface area contributed by atoms with Crippen molar-refractivity contribution in [2.75, 3.05) is 7.05 Å². The molecule has 0 amide bonds. The minimum Gasteiger partial charge on any atom is -0.481 e. The number of hydrogen-bond donors (Lipinski definition) is 1. The van der Waals surface area contributed by atoms with E-state index in [0.717, 1.165) is 42.9 Å². The second-order valence-electron chi connectivity index (χ2n) is 5.57. The summed E-state index contributed by atoms with van der Waals surface area (Å²) in [5.41, 5.74) is 0.877. The van der Waals surface area contributed by atoms with Gasteiger partial charge in [0.25, 0.3) is 0 Å². The summed E-state index contributed by atoms with van der Waals surface area (Å²) in [4.78, 5) is 17.9. The Labute approximate surface area is 118 Å². The maximum Gasteiger partial charge on any atom is 0.305 e. The fraction of sp³-hybridized carbons (Fsp3) is 0.714. The first-order valence-corrected chi connectivity index (χ1v) is 7.74. The van der Waals surface area contributed by atoms with Crippen LogP contribution in [0.5, 0.6) is 0 Å². The van der Waals surface area contributed by atoms with Crippen LogP contribution >= 0.6 is 11.3 Å². The molecule has 0 bridgehead atoms. The molecular formula is C14H22N2O2S. The predicted octanol–water partition coefficient (Wildman–Crippen LogP) is 3.06. The fourth-order valence-corrected chi connectivity index (χ4v) is 3.68. The third-order valence-corrected chi connectivity index (χ3v) is 4.96. The molecule has 0 aromatic carbocycles. The summed E-state index contributed by atoms with van der Waals surface area (Å²) in [5.74, 6) is -0.691. The molecule has 1 fully saturated rings. The number of carboxylic acid groups (broad SMARTS) is 1. The molecule has 1 aliphatic rings. The largest absolute Gasteiger partial charge is 0.481 e. The van der Waals surface area contributed by atoms with Crippen molar-refractivity contribution >= 4 is 17.3 Å². The molecule has 0 unspecified atom stereocenters. The molecule has 4 nitrogen and oxygen atoms in total. The van der Waals surface area contributed by atoms with E-state index in [4.69, 9.17) is 0 Å². The average molecular weight is 282 g/mol. The number of carbonyl (C=O) groups is 1. The van der Waals surface area contributed by atoms with Gasteiger partial charge in [-0.05, 0) is 26.8 Å². The van der Waals surface area contributed by atoms with Crippen molar-refractivity contribution in [3.8, 4) is 0 Å². The molecule has 19 heavy (non-hydrogen) atoms. The molecule has 0 aliphatic heterocycles. The van der Waals surface area contributed by atoms with Crippen molar-refractivity contribution in [1.82, 2.24) is 9.88 Å². The van der Waals surface area contributed by atoms with Crippen molar-refractivity contribution in [2.45, 2.75) is 57.5 Å². The molecule has 2 rings (SSSR count). The third kappa shape index (κ3) is 3.54. The first-order chi connectivity index (χ1) is 9.02. The van der Waals surface area contributed by atoms with E-state index in [0.29, 0.717) is 0 Å². The summed E-state index contributed by atoms with van der Waals surface area (Å²) in [7, 11) is 2.04. The van der Waals surface area contributed by atoms with E-state index >= 15 is 0 Å². The Bertz CT molecular complexity index is 438. The summed E-state index contributed by atoms with van der Waals surface area (Å²) in [6.07, 6.45) is 5.71. The molecule has 1 saturated carbocycles. The zero-order chi connectivity index (χ0) is 13.9. The van der Waals surface area contributed by atoms with Crippen LogP contribution in [0, 0.1) is 6.92 Å². The van der Waals surface area contributed by atoms with Gasteiger partial charge in [0.05, 0.1) is 17.1 Å². The number of hydrogen-bond acceptors (Lipinski definition) is 4. The monoisotopic (exact) mass is 282 g/mol. The molecule has 0 spiro atoms. The Hall–Kier alpha value is -0.940. The SMILES string of the molecule is Cc1nc(CN(C)C2(CC(=O)O)CCCCC2)cs1. The van der Waals surface area contributed by atoms with Gasteiger partial charge in [0.2, 0.25) is 0 Å². The molecule has 1 aromatic rings. The molecule has 1 aromatic heterocycles. The fourth-order valence-electron chi connectivity index (χ4n) is 3.08. The molecule has 0 radical (unpaired) electrons. The van der Waals surface area contributed by atoms with Crippen LogP contribution in [0.25, 0.3) is 0 Å². The van der Waals surface area contributed by atoms with Crippen LogP contribution in [0.4, 0.5) is 0 Å². The van der Waals surface area contributed by atoms with Crippen LogP contribution in [0.1, 0.15) is 49.2 Å². The lowest BCUT2D eigenvalue weighted by atomic mass is 9.78. The maximum absolute atomic E-state index is 11.2. The lowest BCUT2D eigenvalue weighted by Gasteiger charge is -2.43. The van der Waals surface area contributed by atoms with Crippen LogP contribution in [0.2, 0.25) is 0 Å². The van der Waals surface area contributed by atoms with E-state index in [9.17, 15) is 9.90 Å². The van der Waals surface area contributed by atoms with Crippen molar-refractivity contribution in [1.29, 1.82) is 0 Å². The van der Waals surface area contributed by atoms with E-state index in [1.165, 1.54) is 6.42 Å². The quantitative estimate of drug-likeness (QED) is 0.902. The smallest absolute Gasteiger partial charge is 0.305 e. The molecule has 5 heteroatoms. The van der Waals surface area contributed by atoms with Gasteiger partial charge in [-0.15, -0.1) is 11.3 Å². The summed E-state index contributed by atoms with van der Waals surface area (Å²) in [5, 5.41) is 12.4. The van der Waals surface area contributed by atoms with Crippen molar-refractivity contribution in [3.63, 3.8) is 0 Å². The second-order valence-corrected chi connectivity index (χ2v) is 6.63. The molecule has 1 heterocycles. The zero-order valence-electron chi connectivity index (χ0n) is 11.7. The summed E-state index contributed by atoms with van der Waals surface area (Å²) >= 11 is 1.65. The Morgan fingerprint density at radius 1 is 1.47 bits per heavy atom. The topological polar surface area (TPSA) is 53.4 Å². The lowest BCUT2D eigenvalue weighted by Crippen LogP contribution is -2.49. The Balaban J connectivity index is 2.10. The Kier molecular flexibility index (Phi) is 4.58. The number of nitrogens with zero attached hydrogens (tertiary/aromatic N) is 2. The van der Waals surface area contributed by atoms with Gasteiger partial charge in [-0.2, -0.15) is 0 Å². The summed E-state index contributed by atoms with van der Waals surface area (Å²) in [6.45, 7) is 2.75. The van der Waals surface area contributed by atoms with Gasteiger partial charge >= 0.3 is 5.97 Å². The first kappa shape index (κ1) is 14.5. The molecule has 1 N–H and O–H groups in total. The highest BCUT2D eigenvalue weighted by atomic mass is 32.1. The highest BCUT2D eigenvalue weighted by Gasteiger charge is 2.38. The number of rotatable bonds is 5.